The minimum Gasteiger partial charge on any atom is -0.298 e. The van der Waals surface area contributed by atoms with Gasteiger partial charge in [-0.15, -0.1) is 0 Å². The van der Waals surface area contributed by atoms with Crippen molar-refractivity contribution in [3.63, 3.8) is 0 Å². The normalized spacial score (nSPS) is 12.5. The topological polar surface area (TPSA) is 35.8 Å². The average molecular weight is 346 g/mol. The molecule has 0 aromatic heterocycles. The summed E-state index contributed by atoms with van der Waals surface area (Å²) < 4.78 is 1.97. The van der Waals surface area contributed by atoms with Crippen LogP contribution >= 0.6 is 31.9 Å². The Bertz CT molecular complexity index is 396. The van der Waals surface area contributed by atoms with Gasteiger partial charge in [0.15, 0.2) is 0 Å². The fraction of sp³-hybridized carbons (Fsp3) is 0.417. The van der Waals surface area contributed by atoms with E-state index in [-0.39, 0.29) is 6.04 Å². The van der Waals surface area contributed by atoms with Gasteiger partial charge in [0.2, 0.25) is 0 Å². The summed E-state index contributed by atoms with van der Waals surface area (Å²) in [6.45, 7) is 5.09. The Morgan fingerprint density at radius 2 is 2.00 bits per heavy atom. The summed E-state index contributed by atoms with van der Waals surface area (Å²) in [5.41, 5.74) is 0.984. The molecule has 16 heavy (non-hydrogen) atoms. The molecular formula is C12H14Br2N2. The quantitative estimate of drug-likeness (QED) is 0.894. The molecule has 0 aliphatic rings. The Hall–Kier alpha value is -0.370. The second kappa shape index (κ2) is 6.39. The van der Waals surface area contributed by atoms with Crippen molar-refractivity contribution in [2.45, 2.75) is 19.9 Å². The van der Waals surface area contributed by atoms with Crippen LogP contribution in [-0.4, -0.2) is 6.54 Å². The zero-order valence-electron chi connectivity index (χ0n) is 9.30. The number of halogens is 2. The molecule has 1 atom stereocenters. The number of hydrogen-bond acceptors (Lipinski definition) is 2. The molecular weight excluding hydrogens is 332 g/mol. The summed E-state index contributed by atoms with van der Waals surface area (Å²) in [6, 6.07) is 7.89. The maximum atomic E-state index is 9.11. The van der Waals surface area contributed by atoms with Crippen molar-refractivity contribution in [1.29, 1.82) is 5.26 Å². The summed E-state index contributed by atoms with van der Waals surface area (Å²) in [7, 11) is 0. The van der Waals surface area contributed by atoms with Gasteiger partial charge in [0.1, 0.15) is 6.04 Å². The average Bonchev–Trinajstić information content (AvgIpc) is 2.23. The molecule has 0 amide bonds. The molecule has 0 fully saturated rings. The van der Waals surface area contributed by atoms with Gasteiger partial charge in [0.05, 0.1) is 6.07 Å². The van der Waals surface area contributed by atoms with Crippen molar-refractivity contribution in [2.24, 2.45) is 5.92 Å². The summed E-state index contributed by atoms with van der Waals surface area (Å²) >= 11 is 6.85. The highest BCUT2D eigenvalue weighted by Gasteiger charge is 2.11. The summed E-state index contributed by atoms with van der Waals surface area (Å²) in [4.78, 5) is 0. The molecule has 4 heteroatoms. The zero-order chi connectivity index (χ0) is 12.1. The van der Waals surface area contributed by atoms with Crippen LogP contribution in [0.2, 0.25) is 0 Å². The number of nitriles is 1. The van der Waals surface area contributed by atoms with Crippen LogP contribution in [0.15, 0.2) is 27.1 Å². The van der Waals surface area contributed by atoms with Crippen LogP contribution in [-0.2, 0) is 0 Å². The van der Waals surface area contributed by atoms with E-state index >= 15 is 0 Å². The summed E-state index contributed by atoms with van der Waals surface area (Å²) in [6.07, 6.45) is 0. The van der Waals surface area contributed by atoms with Crippen LogP contribution in [0, 0.1) is 17.2 Å². The molecule has 0 aliphatic carbocycles. The number of nitrogens with zero attached hydrogens (tertiary/aromatic N) is 1. The van der Waals surface area contributed by atoms with Gasteiger partial charge in [-0.2, -0.15) is 5.26 Å². The third kappa shape index (κ3) is 3.89. The lowest BCUT2D eigenvalue weighted by Crippen LogP contribution is -2.24. The fourth-order valence-corrected chi connectivity index (χ4v) is 1.93. The van der Waals surface area contributed by atoms with Gasteiger partial charge in [-0.3, -0.25) is 5.32 Å². The Labute approximate surface area is 113 Å². The molecule has 1 aromatic rings. The first-order valence-electron chi connectivity index (χ1n) is 5.12. The number of benzene rings is 1. The first-order chi connectivity index (χ1) is 7.54. The monoisotopic (exact) mass is 344 g/mol. The van der Waals surface area contributed by atoms with Gasteiger partial charge in [-0.05, 0) is 62.0 Å². The van der Waals surface area contributed by atoms with Crippen molar-refractivity contribution in [3.05, 3.63) is 32.7 Å². The second-order valence-corrected chi connectivity index (χ2v) is 5.75. The van der Waals surface area contributed by atoms with Crippen LogP contribution in [0.3, 0.4) is 0 Å². The van der Waals surface area contributed by atoms with Crippen LogP contribution in [0.25, 0.3) is 0 Å². The third-order valence-electron chi connectivity index (χ3n) is 2.14. The maximum absolute atomic E-state index is 9.11. The Kier molecular flexibility index (Phi) is 5.47. The second-order valence-electron chi connectivity index (χ2n) is 4.04. The van der Waals surface area contributed by atoms with Crippen molar-refractivity contribution < 1.29 is 0 Å². The highest BCUT2D eigenvalue weighted by Crippen LogP contribution is 2.26. The zero-order valence-corrected chi connectivity index (χ0v) is 12.5. The van der Waals surface area contributed by atoms with Gasteiger partial charge in [-0.1, -0.05) is 19.9 Å². The van der Waals surface area contributed by atoms with Crippen molar-refractivity contribution >= 4 is 31.9 Å². The Morgan fingerprint density at radius 1 is 1.31 bits per heavy atom. The number of hydrogen-bond donors (Lipinski definition) is 1. The third-order valence-corrected chi connectivity index (χ3v) is 4.02. The molecule has 1 unspecified atom stereocenters. The van der Waals surface area contributed by atoms with Crippen molar-refractivity contribution in [2.75, 3.05) is 6.54 Å². The van der Waals surface area contributed by atoms with E-state index in [9.17, 15) is 0 Å². The molecule has 1 aromatic carbocycles. The lowest BCUT2D eigenvalue weighted by Gasteiger charge is -2.14. The van der Waals surface area contributed by atoms with Gasteiger partial charge >= 0.3 is 0 Å². The van der Waals surface area contributed by atoms with Gasteiger partial charge in [0.25, 0.3) is 0 Å². The molecule has 0 heterocycles. The first kappa shape index (κ1) is 13.7. The van der Waals surface area contributed by atoms with Gasteiger partial charge < -0.3 is 0 Å². The van der Waals surface area contributed by atoms with E-state index in [1.807, 2.05) is 18.2 Å². The molecule has 0 aliphatic heterocycles. The number of rotatable bonds is 4. The van der Waals surface area contributed by atoms with E-state index in [0.29, 0.717) is 5.92 Å². The van der Waals surface area contributed by atoms with Crippen LogP contribution in [0.1, 0.15) is 25.5 Å². The largest absolute Gasteiger partial charge is 0.298 e. The van der Waals surface area contributed by atoms with E-state index in [1.54, 1.807) is 0 Å². The van der Waals surface area contributed by atoms with E-state index in [1.165, 1.54) is 0 Å². The molecule has 0 saturated carbocycles. The minimum absolute atomic E-state index is 0.244. The van der Waals surface area contributed by atoms with Crippen molar-refractivity contribution in [1.82, 2.24) is 5.32 Å². The molecule has 1 N–H and O–H groups in total. The SMILES string of the molecule is CC(C)CNC(C#N)c1ccc(Br)c(Br)c1. The van der Waals surface area contributed by atoms with E-state index < -0.39 is 0 Å². The minimum atomic E-state index is -0.244. The molecule has 2 nitrogen and oxygen atoms in total. The molecule has 1 rings (SSSR count). The summed E-state index contributed by atoms with van der Waals surface area (Å²) in [5.74, 6) is 0.537. The maximum Gasteiger partial charge on any atom is 0.121 e. The molecule has 0 radical (unpaired) electrons. The first-order valence-corrected chi connectivity index (χ1v) is 6.71. The highest BCUT2D eigenvalue weighted by atomic mass is 79.9. The Morgan fingerprint density at radius 3 is 2.50 bits per heavy atom. The number of nitrogens with one attached hydrogen (secondary N) is 1. The van der Waals surface area contributed by atoms with Crippen LogP contribution < -0.4 is 5.32 Å². The lowest BCUT2D eigenvalue weighted by molar-refractivity contribution is 0.525. The van der Waals surface area contributed by atoms with Gasteiger partial charge in [0, 0.05) is 8.95 Å². The standard InChI is InChI=1S/C12H14Br2N2/c1-8(2)7-16-12(6-15)9-3-4-10(13)11(14)5-9/h3-5,8,12,16H,7H2,1-2H3. The van der Waals surface area contributed by atoms with Crippen LogP contribution in [0.5, 0.6) is 0 Å². The van der Waals surface area contributed by atoms with E-state index in [4.69, 9.17) is 5.26 Å². The summed E-state index contributed by atoms with van der Waals surface area (Å²) in [5, 5.41) is 12.3. The lowest BCUT2D eigenvalue weighted by atomic mass is 10.1. The molecule has 0 saturated heterocycles. The smallest absolute Gasteiger partial charge is 0.121 e. The van der Waals surface area contributed by atoms with Crippen LogP contribution in [0.4, 0.5) is 0 Å². The molecule has 0 spiro atoms. The van der Waals surface area contributed by atoms with Gasteiger partial charge in [-0.25, -0.2) is 0 Å². The predicted octanol–water partition coefficient (Wildman–Crippen LogP) is 4.02. The fourth-order valence-electron chi connectivity index (χ4n) is 1.28. The van der Waals surface area contributed by atoms with Crippen molar-refractivity contribution in [3.8, 4) is 6.07 Å². The van der Waals surface area contributed by atoms with E-state index in [2.05, 4.69) is 57.1 Å². The van der Waals surface area contributed by atoms with E-state index in [0.717, 1.165) is 21.1 Å². The Balaban J connectivity index is 2.80. The highest BCUT2D eigenvalue weighted by molar-refractivity contribution is 9.13. The molecule has 86 valence electrons. The predicted molar refractivity (Wildman–Crippen MR) is 73.0 cm³/mol. The molecule has 0 bridgehead atoms.